The number of nitriles is 2. The number of halogens is 2. The Bertz CT molecular complexity index is 1070. The van der Waals surface area contributed by atoms with Crippen LogP contribution in [0.3, 0.4) is 0 Å². The Morgan fingerprint density at radius 3 is 2.83 bits per heavy atom. The first-order valence-electron chi connectivity index (χ1n) is 9.10. The van der Waals surface area contributed by atoms with Crippen molar-refractivity contribution in [3.05, 3.63) is 52.8 Å². The summed E-state index contributed by atoms with van der Waals surface area (Å²) >= 11 is 0. The van der Waals surface area contributed by atoms with Gasteiger partial charge >= 0.3 is 0 Å². The Labute approximate surface area is 171 Å². The third-order valence-electron chi connectivity index (χ3n) is 4.73. The number of nitrogens with one attached hydrogen (secondary N) is 1. The molecule has 1 aromatic carbocycles. The lowest BCUT2D eigenvalue weighted by molar-refractivity contribution is -0.131. The first-order valence-corrected chi connectivity index (χ1v) is 9.10. The number of alkyl halides is 2. The van der Waals surface area contributed by atoms with Crippen molar-refractivity contribution in [1.29, 1.82) is 10.5 Å². The van der Waals surface area contributed by atoms with Crippen LogP contribution >= 0.6 is 0 Å². The summed E-state index contributed by atoms with van der Waals surface area (Å²) in [7, 11) is 0. The number of aryl methyl sites for hydroxylation is 1. The summed E-state index contributed by atoms with van der Waals surface area (Å²) in [6, 6.07) is 9.51. The van der Waals surface area contributed by atoms with Gasteiger partial charge in [-0.3, -0.25) is 14.3 Å². The van der Waals surface area contributed by atoms with Gasteiger partial charge in [-0.15, -0.1) is 0 Å². The van der Waals surface area contributed by atoms with Crippen LogP contribution in [0.2, 0.25) is 0 Å². The fraction of sp³-hybridized carbons (Fsp3) is 0.350. The summed E-state index contributed by atoms with van der Waals surface area (Å²) in [4.78, 5) is 25.4. The zero-order valence-corrected chi connectivity index (χ0v) is 16.1. The van der Waals surface area contributed by atoms with Gasteiger partial charge in [-0.2, -0.15) is 15.6 Å². The molecule has 0 aliphatic carbocycles. The topological polar surface area (TPSA) is 115 Å². The quantitative estimate of drug-likeness (QED) is 0.801. The number of benzene rings is 1. The second-order valence-electron chi connectivity index (χ2n) is 7.05. The van der Waals surface area contributed by atoms with Gasteiger partial charge in [0.05, 0.1) is 48.6 Å². The van der Waals surface area contributed by atoms with Crippen molar-refractivity contribution < 1.29 is 18.4 Å². The number of hydrogen-bond donors (Lipinski definition) is 1. The third kappa shape index (κ3) is 4.61. The molecule has 0 unspecified atom stereocenters. The van der Waals surface area contributed by atoms with E-state index in [0.717, 1.165) is 10.5 Å². The zero-order chi connectivity index (χ0) is 21.9. The molecular weight excluding hydrogens is 394 g/mol. The molecule has 8 nitrogen and oxygen atoms in total. The Hall–Kier alpha value is -3.79. The van der Waals surface area contributed by atoms with Crippen molar-refractivity contribution in [2.45, 2.75) is 31.9 Å². The minimum absolute atomic E-state index is 0.239. The van der Waals surface area contributed by atoms with Crippen LogP contribution in [-0.4, -0.2) is 51.5 Å². The molecule has 3 rings (SSSR count). The highest BCUT2D eigenvalue weighted by Crippen LogP contribution is 2.31. The van der Waals surface area contributed by atoms with Crippen LogP contribution < -0.4 is 5.32 Å². The average molecular weight is 412 g/mol. The molecule has 10 heteroatoms. The standard InChI is InChI=1S/C20H18F2N6O2/c1-13-17(11-27(26-13)10-15-4-2-3-14(5-15)7-23)19(30)25-9-18(29)28-12-20(21,22)6-16(28)8-24/h2-5,11,16H,6,9-10,12H2,1H3,(H,25,30)/t16-/m0/s1. The van der Waals surface area contributed by atoms with Crippen LogP contribution in [0.5, 0.6) is 0 Å². The molecule has 30 heavy (non-hydrogen) atoms. The normalized spacial score (nSPS) is 17.2. The fourth-order valence-electron chi connectivity index (χ4n) is 3.30. The van der Waals surface area contributed by atoms with Crippen LogP contribution in [0, 0.1) is 29.6 Å². The predicted octanol–water partition coefficient (Wildman–Crippen LogP) is 1.60. The summed E-state index contributed by atoms with van der Waals surface area (Å²) in [6.07, 6.45) is 0.804. The van der Waals surface area contributed by atoms with E-state index in [1.807, 2.05) is 6.07 Å². The van der Waals surface area contributed by atoms with Crippen molar-refractivity contribution in [2.24, 2.45) is 0 Å². The maximum atomic E-state index is 13.5. The zero-order valence-electron chi connectivity index (χ0n) is 16.1. The molecular formula is C20H18F2N6O2. The molecule has 1 atom stereocenters. The number of carbonyl (C=O) groups excluding carboxylic acids is 2. The van der Waals surface area contributed by atoms with E-state index >= 15 is 0 Å². The summed E-state index contributed by atoms with van der Waals surface area (Å²) < 4.78 is 28.5. The van der Waals surface area contributed by atoms with E-state index in [1.165, 1.54) is 10.9 Å². The number of nitrogens with zero attached hydrogens (tertiary/aromatic N) is 5. The van der Waals surface area contributed by atoms with E-state index in [0.29, 0.717) is 17.8 Å². The van der Waals surface area contributed by atoms with Crippen LogP contribution in [0.4, 0.5) is 8.78 Å². The molecule has 1 N–H and O–H groups in total. The lowest BCUT2D eigenvalue weighted by atomic mass is 10.1. The molecule has 0 spiro atoms. The van der Waals surface area contributed by atoms with Gasteiger partial charge in [-0.1, -0.05) is 12.1 Å². The lowest BCUT2D eigenvalue weighted by Gasteiger charge is -2.19. The first kappa shape index (κ1) is 20.9. The molecule has 1 saturated heterocycles. The van der Waals surface area contributed by atoms with Crippen LogP contribution in [-0.2, 0) is 11.3 Å². The fourth-order valence-corrected chi connectivity index (χ4v) is 3.30. The maximum absolute atomic E-state index is 13.5. The average Bonchev–Trinajstić information content (AvgIpc) is 3.24. The molecule has 2 amide bonds. The van der Waals surface area contributed by atoms with Gasteiger partial charge in [0, 0.05) is 12.6 Å². The van der Waals surface area contributed by atoms with Gasteiger partial charge in [0.15, 0.2) is 0 Å². The monoisotopic (exact) mass is 412 g/mol. The van der Waals surface area contributed by atoms with Crippen molar-refractivity contribution in [3.63, 3.8) is 0 Å². The Balaban J connectivity index is 1.63. The highest BCUT2D eigenvalue weighted by atomic mass is 19.3. The molecule has 2 aromatic rings. The molecule has 2 heterocycles. The Morgan fingerprint density at radius 1 is 1.37 bits per heavy atom. The number of carbonyl (C=O) groups is 2. The van der Waals surface area contributed by atoms with Crippen molar-refractivity contribution >= 4 is 11.8 Å². The summed E-state index contributed by atoms with van der Waals surface area (Å²) in [5, 5.41) is 24.6. The van der Waals surface area contributed by atoms with Gasteiger partial charge in [0.2, 0.25) is 5.91 Å². The lowest BCUT2D eigenvalue weighted by Crippen LogP contribution is -2.43. The molecule has 1 aliphatic rings. The highest BCUT2D eigenvalue weighted by molar-refractivity contribution is 5.97. The van der Waals surface area contributed by atoms with Gasteiger partial charge in [-0.25, -0.2) is 8.78 Å². The third-order valence-corrected chi connectivity index (χ3v) is 4.73. The first-order chi connectivity index (χ1) is 14.2. The highest BCUT2D eigenvalue weighted by Gasteiger charge is 2.47. The van der Waals surface area contributed by atoms with Gasteiger partial charge in [0.25, 0.3) is 11.8 Å². The molecule has 0 radical (unpaired) electrons. The number of amides is 2. The number of rotatable bonds is 5. The van der Waals surface area contributed by atoms with Crippen molar-refractivity contribution in [2.75, 3.05) is 13.1 Å². The van der Waals surface area contributed by atoms with Gasteiger partial charge < -0.3 is 10.2 Å². The van der Waals surface area contributed by atoms with E-state index in [-0.39, 0.29) is 5.56 Å². The predicted molar refractivity (Wildman–Crippen MR) is 100 cm³/mol. The van der Waals surface area contributed by atoms with Crippen molar-refractivity contribution in [3.8, 4) is 12.1 Å². The van der Waals surface area contributed by atoms with E-state index < -0.39 is 43.3 Å². The second-order valence-corrected chi connectivity index (χ2v) is 7.05. The minimum atomic E-state index is -3.11. The van der Waals surface area contributed by atoms with E-state index in [4.69, 9.17) is 10.5 Å². The van der Waals surface area contributed by atoms with Crippen LogP contribution in [0.1, 0.15) is 33.6 Å². The smallest absolute Gasteiger partial charge is 0.268 e. The minimum Gasteiger partial charge on any atom is -0.343 e. The summed E-state index contributed by atoms with van der Waals surface area (Å²) in [5.74, 6) is -4.43. The molecule has 1 aromatic heterocycles. The molecule has 0 saturated carbocycles. The van der Waals surface area contributed by atoms with Gasteiger partial charge in [0.1, 0.15) is 6.04 Å². The number of likely N-dealkylation sites (tertiary alicyclic amines) is 1. The molecule has 154 valence electrons. The van der Waals surface area contributed by atoms with Crippen molar-refractivity contribution in [1.82, 2.24) is 20.0 Å². The van der Waals surface area contributed by atoms with Gasteiger partial charge in [-0.05, 0) is 24.6 Å². The van der Waals surface area contributed by atoms with E-state index in [1.54, 1.807) is 31.2 Å². The SMILES string of the molecule is Cc1nn(Cc2cccc(C#N)c2)cc1C(=O)NCC(=O)N1CC(F)(F)C[C@H]1C#N. The molecule has 1 aliphatic heterocycles. The van der Waals surface area contributed by atoms with Crippen LogP contribution in [0.15, 0.2) is 30.5 Å². The summed E-state index contributed by atoms with van der Waals surface area (Å²) in [5.41, 5.74) is 2.01. The van der Waals surface area contributed by atoms with E-state index in [9.17, 15) is 18.4 Å². The largest absolute Gasteiger partial charge is 0.343 e. The number of hydrogen-bond acceptors (Lipinski definition) is 5. The van der Waals surface area contributed by atoms with E-state index in [2.05, 4.69) is 16.5 Å². The molecule has 1 fully saturated rings. The summed E-state index contributed by atoms with van der Waals surface area (Å²) in [6.45, 7) is 0.640. The van der Waals surface area contributed by atoms with Crippen LogP contribution in [0.25, 0.3) is 0 Å². The maximum Gasteiger partial charge on any atom is 0.268 e. The number of aromatic nitrogens is 2. The Morgan fingerprint density at radius 2 is 2.13 bits per heavy atom. The Kier molecular flexibility index (Phi) is 5.79. The molecule has 0 bridgehead atoms. The second kappa shape index (κ2) is 8.29.